The number of ether oxygens (including phenoxy) is 1. The minimum absolute atomic E-state index is 0.199. The van der Waals surface area contributed by atoms with Crippen LogP contribution in [0.15, 0.2) is 29.1 Å². The number of rotatable bonds is 5. The molecule has 4 rings (SSSR count). The van der Waals surface area contributed by atoms with Crippen LogP contribution < -0.4 is 0 Å². The molecule has 0 aliphatic carbocycles. The van der Waals surface area contributed by atoms with Crippen LogP contribution in [0.5, 0.6) is 0 Å². The summed E-state index contributed by atoms with van der Waals surface area (Å²) in [6.07, 6.45) is 2.80. The molecule has 2 aromatic rings. The average Bonchev–Trinajstić information content (AvgIpc) is 3.16. The molecule has 1 aromatic carbocycles. The second-order valence-corrected chi connectivity index (χ2v) is 8.13. The van der Waals surface area contributed by atoms with E-state index in [1.807, 2.05) is 11.4 Å². The number of hydrogen-bond acceptors (Lipinski definition) is 5. The van der Waals surface area contributed by atoms with Crippen LogP contribution in [0.1, 0.15) is 29.7 Å². The molecule has 1 unspecified atom stereocenters. The molecule has 1 fully saturated rings. The lowest BCUT2D eigenvalue weighted by Gasteiger charge is -2.45. The number of carbonyl (C=O) groups is 1. The summed E-state index contributed by atoms with van der Waals surface area (Å²) < 4.78 is 19.8. The highest BCUT2D eigenvalue weighted by atomic mass is 32.1. The molecule has 0 radical (unpaired) electrons. The van der Waals surface area contributed by atoms with Gasteiger partial charge in [-0.15, -0.1) is 11.3 Å². The highest BCUT2D eigenvalue weighted by molar-refractivity contribution is 7.07. The first kappa shape index (κ1) is 18.5. The van der Waals surface area contributed by atoms with Crippen LogP contribution in [0.3, 0.4) is 0 Å². The first-order valence-corrected chi connectivity index (χ1v) is 10.3. The second kappa shape index (κ2) is 7.66. The van der Waals surface area contributed by atoms with Gasteiger partial charge < -0.3 is 14.7 Å². The number of aliphatic carboxylic acids is 1. The molecule has 2 aliphatic heterocycles. The van der Waals surface area contributed by atoms with E-state index >= 15 is 0 Å². The van der Waals surface area contributed by atoms with Gasteiger partial charge in [-0.1, -0.05) is 6.07 Å². The summed E-state index contributed by atoms with van der Waals surface area (Å²) in [5.41, 5.74) is 4.37. The molecule has 3 heterocycles. The third-order valence-corrected chi connectivity index (χ3v) is 6.37. The molecular formula is C20H23FN2O3S. The molecule has 1 aromatic heterocycles. The Bertz CT molecular complexity index is 804. The van der Waals surface area contributed by atoms with Gasteiger partial charge in [-0.25, -0.2) is 9.37 Å². The minimum Gasteiger partial charge on any atom is -0.481 e. The van der Waals surface area contributed by atoms with Crippen LogP contribution in [-0.2, 0) is 28.0 Å². The fourth-order valence-corrected chi connectivity index (χ4v) is 4.86. The predicted molar refractivity (Wildman–Crippen MR) is 100 cm³/mol. The summed E-state index contributed by atoms with van der Waals surface area (Å²) in [4.78, 5) is 18.1. The maximum atomic E-state index is 13.6. The van der Waals surface area contributed by atoms with Crippen molar-refractivity contribution in [3.8, 4) is 0 Å². The molecule has 144 valence electrons. The molecule has 1 saturated heterocycles. The van der Waals surface area contributed by atoms with Gasteiger partial charge >= 0.3 is 5.97 Å². The molecule has 7 heteroatoms. The standard InChI is InChI=1S/C20H23FN2O3S/c21-16-1-2-18-14(9-16)3-8-26-20(18)4-6-23(7-5-20)11-15(19(24)25)10-17-12-27-13-22-17/h1-2,9,12-13,15H,3-8,10-11H2,(H,24,25). The van der Waals surface area contributed by atoms with E-state index in [9.17, 15) is 14.3 Å². The zero-order chi connectivity index (χ0) is 18.9. The highest BCUT2D eigenvalue weighted by Crippen LogP contribution is 2.41. The van der Waals surface area contributed by atoms with Crippen LogP contribution in [-0.4, -0.2) is 47.2 Å². The Balaban J connectivity index is 1.42. The maximum Gasteiger partial charge on any atom is 0.308 e. The number of piperidine rings is 1. The van der Waals surface area contributed by atoms with Crippen molar-refractivity contribution >= 4 is 17.3 Å². The SMILES string of the molecule is O=C(O)C(Cc1cscn1)CN1CCC2(CC1)OCCc1cc(F)ccc12. The molecule has 1 N–H and O–H groups in total. The summed E-state index contributed by atoms with van der Waals surface area (Å²) in [6, 6.07) is 5.00. The molecule has 2 aliphatic rings. The molecule has 27 heavy (non-hydrogen) atoms. The Hall–Kier alpha value is -1.83. The monoisotopic (exact) mass is 390 g/mol. The van der Waals surface area contributed by atoms with E-state index in [0.29, 0.717) is 19.6 Å². The van der Waals surface area contributed by atoms with Crippen molar-refractivity contribution in [2.45, 2.75) is 31.3 Å². The fourth-order valence-electron chi connectivity index (χ4n) is 4.29. The number of halogens is 1. The molecule has 0 bridgehead atoms. The number of aromatic nitrogens is 1. The van der Waals surface area contributed by atoms with Crippen molar-refractivity contribution in [1.82, 2.24) is 9.88 Å². The lowest BCUT2D eigenvalue weighted by Crippen LogP contribution is -2.48. The Kier molecular flexibility index (Phi) is 5.25. The summed E-state index contributed by atoms with van der Waals surface area (Å²) in [7, 11) is 0. The van der Waals surface area contributed by atoms with Crippen molar-refractivity contribution in [3.05, 3.63) is 51.7 Å². The van der Waals surface area contributed by atoms with Gasteiger partial charge in [-0.05, 0) is 42.5 Å². The van der Waals surface area contributed by atoms with E-state index in [0.717, 1.165) is 49.2 Å². The summed E-state index contributed by atoms with van der Waals surface area (Å²) in [5, 5.41) is 11.5. The first-order valence-electron chi connectivity index (χ1n) is 9.31. The number of fused-ring (bicyclic) bond motifs is 2. The van der Waals surface area contributed by atoms with Crippen molar-refractivity contribution in [2.24, 2.45) is 5.92 Å². The van der Waals surface area contributed by atoms with Crippen LogP contribution in [0.25, 0.3) is 0 Å². The maximum absolute atomic E-state index is 13.6. The van der Waals surface area contributed by atoms with Gasteiger partial charge in [0.15, 0.2) is 0 Å². The number of hydrogen-bond donors (Lipinski definition) is 1. The number of nitrogens with zero attached hydrogens (tertiary/aromatic N) is 2. The van der Waals surface area contributed by atoms with E-state index in [1.165, 1.54) is 17.4 Å². The van der Waals surface area contributed by atoms with E-state index in [4.69, 9.17) is 4.74 Å². The largest absolute Gasteiger partial charge is 0.481 e. The number of carboxylic acid groups (broad SMARTS) is 1. The predicted octanol–water partition coefficient (Wildman–Crippen LogP) is 3.09. The van der Waals surface area contributed by atoms with Gasteiger partial charge in [-0.3, -0.25) is 4.79 Å². The van der Waals surface area contributed by atoms with Crippen LogP contribution in [0, 0.1) is 11.7 Å². The van der Waals surface area contributed by atoms with Crippen LogP contribution in [0.2, 0.25) is 0 Å². The third kappa shape index (κ3) is 3.90. The molecular weight excluding hydrogens is 367 g/mol. The third-order valence-electron chi connectivity index (χ3n) is 5.74. The average molecular weight is 390 g/mol. The molecule has 0 saturated carbocycles. The van der Waals surface area contributed by atoms with E-state index < -0.39 is 11.9 Å². The van der Waals surface area contributed by atoms with Crippen LogP contribution >= 0.6 is 11.3 Å². The Labute approximate surface area is 161 Å². The van der Waals surface area contributed by atoms with Gasteiger partial charge in [0, 0.05) is 31.4 Å². The topological polar surface area (TPSA) is 62.7 Å². The summed E-state index contributed by atoms with van der Waals surface area (Å²) in [5.74, 6) is -1.44. The molecule has 1 atom stereocenters. The van der Waals surface area contributed by atoms with Gasteiger partial charge in [0.25, 0.3) is 0 Å². The number of carboxylic acids is 1. The number of thiazole rings is 1. The van der Waals surface area contributed by atoms with Gasteiger partial charge in [0.2, 0.25) is 0 Å². The van der Waals surface area contributed by atoms with Crippen molar-refractivity contribution < 1.29 is 19.0 Å². The number of benzene rings is 1. The summed E-state index contributed by atoms with van der Waals surface area (Å²) >= 11 is 1.49. The zero-order valence-electron chi connectivity index (χ0n) is 15.1. The van der Waals surface area contributed by atoms with Crippen molar-refractivity contribution in [3.63, 3.8) is 0 Å². The van der Waals surface area contributed by atoms with Gasteiger partial charge in [0.1, 0.15) is 5.82 Å². The quantitative estimate of drug-likeness (QED) is 0.850. The Morgan fingerprint density at radius 1 is 1.41 bits per heavy atom. The number of likely N-dealkylation sites (tertiary alicyclic amines) is 1. The van der Waals surface area contributed by atoms with Crippen LogP contribution in [0.4, 0.5) is 4.39 Å². The molecule has 5 nitrogen and oxygen atoms in total. The van der Waals surface area contributed by atoms with Gasteiger partial charge in [0.05, 0.1) is 29.3 Å². The molecule has 1 spiro atoms. The Morgan fingerprint density at radius 2 is 2.22 bits per heavy atom. The van der Waals surface area contributed by atoms with Gasteiger partial charge in [-0.2, -0.15) is 0 Å². The van der Waals surface area contributed by atoms with E-state index in [-0.39, 0.29) is 11.4 Å². The molecule has 0 amide bonds. The van der Waals surface area contributed by atoms with Crippen molar-refractivity contribution in [2.75, 3.05) is 26.2 Å². The lowest BCUT2D eigenvalue weighted by molar-refractivity contribution is -0.143. The normalized spacial score (nSPS) is 20.3. The minimum atomic E-state index is -0.780. The smallest absolute Gasteiger partial charge is 0.308 e. The highest BCUT2D eigenvalue weighted by Gasteiger charge is 2.41. The first-order chi connectivity index (χ1) is 13.1. The summed E-state index contributed by atoms with van der Waals surface area (Å²) in [6.45, 7) is 2.67. The van der Waals surface area contributed by atoms with Crippen molar-refractivity contribution in [1.29, 1.82) is 0 Å². The zero-order valence-corrected chi connectivity index (χ0v) is 15.9. The fraction of sp³-hybridized carbons (Fsp3) is 0.500. The van der Waals surface area contributed by atoms with E-state index in [2.05, 4.69) is 9.88 Å². The lowest BCUT2D eigenvalue weighted by atomic mass is 9.79. The Morgan fingerprint density at radius 3 is 2.93 bits per heavy atom. The van der Waals surface area contributed by atoms with E-state index in [1.54, 1.807) is 11.6 Å². The second-order valence-electron chi connectivity index (χ2n) is 7.41.